The average Bonchev–Trinajstić information content (AvgIpc) is 2.86. The SMILES string of the molecule is COCCC[C@@]1(C)CC[C@H]2[C@@H]3CCc4cc(O)ccc4[C@H]3CC[C@@]21C. The standard InChI is InChI=1S/C23H34O2/c1-22(11-4-14-25-3)12-10-21-20-7-5-16-15-17(24)6-8-18(16)19(20)9-13-23(21,22)2/h6,8,15,19-21,24H,4-5,7,9-14H2,1-3H3/t19-,20-,21+,22+,23+/m1/s1. The number of hydrogen-bond donors (Lipinski definition) is 1. The molecule has 4 rings (SSSR count). The van der Waals surface area contributed by atoms with Crippen LogP contribution in [0.5, 0.6) is 5.75 Å². The molecule has 2 heteroatoms. The van der Waals surface area contributed by atoms with Gasteiger partial charge in [-0.25, -0.2) is 0 Å². The number of methoxy groups -OCH3 is 1. The molecule has 0 aliphatic heterocycles. The molecule has 0 saturated heterocycles. The van der Waals surface area contributed by atoms with Crippen LogP contribution in [0.1, 0.15) is 75.8 Å². The lowest BCUT2D eigenvalue weighted by molar-refractivity contribution is -0.0253. The molecule has 25 heavy (non-hydrogen) atoms. The second-order valence-corrected chi connectivity index (χ2v) is 9.45. The Balaban J connectivity index is 1.59. The molecule has 5 atom stereocenters. The van der Waals surface area contributed by atoms with Crippen LogP contribution in [-0.4, -0.2) is 18.8 Å². The van der Waals surface area contributed by atoms with E-state index in [0.29, 0.717) is 16.6 Å². The highest BCUT2D eigenvalue weighted by atomic mass is 16.5. The number of fused-ring (bicyclic) bond motifs is 5. The maximum atomic E-state index is 9.84. The summed E-state index contributed by atoms with van der Waals surface area (Å²) in [5.41, 5.74) is 3.93. The van der Waals surface area contributed by atoms with Gasteiger partial charge in [-0.15, -0.1) is 0 Å². The summed E-state index contributed by atoms with van der Waals surface area (Å²) in [6, 6.07) is 6.14. The summed E-state index contributed by atoms with van der Waals surface area (Å²) in [6.07, 6.45) is 10.5. The van der Waals surface area contributed by atoms with Crippen molar-refractivity contribution in [3.05, 3.63) is 29.3 Å². The van der Waals surface area contributed by atoms with Crippen molar-refractivity contribution < 1.29 is 9.84 Å². The van der Waals surface area contributed by atoms with Gasteiger partial charge in [0.1, 0.15) is 5.75 Å². The Hall–Kier alpha value is -1.02. The van der Waals surface area contributed by atoms with Crippen LogP contribution in [0.2, 0.25) is 0 Å². The average molecular weight is 343 g/mol. The van der Waals surface area contributed by atoms with Gasteiger partial charge in [-0.1, -0.05) is 19.9 Å². The Morgan fingerprint density at radius 2 is 2.00 bits per heavy atom. The van der Waals surface area contributed by atoms with Crippen LogP contribution in [0.15, 0.2) is 18.2 Å². The van der Waals surface area contributed by atoms with E-state index in [1.54, 1.807) is 5.56 Å². The lowest BCUT2D eigenvalue weighted by Crippen LogP contribution is -2.46. The quantitative estimate of drug-likeness (QED) is 0.713. The Morgan fingerprint density at radius 3 is 2.80 bits per heavy atom. The van der Waals surface area contributed by atoms with E-state index in [9.17, 15) is 5.11 Å². The molecule has 0 spiro atoms. The van der Waals surface area contributed by atoms with E-state index in [4.69, 9.17) is 4.74 Å². The van der Waals surface area contributed by atoms with Crippen molar-refractivity contribution in [2.75, 3.05) is 13.7 Å². The fourth-order valence-electron chi connectivity index (χ4n) is 6.95. The number of ether oxygens (including phenoxy) is 1. The zero-order chi connectivity index (χ0) is 17.7. The van der Waals surface area contributed by atoms with Crippen LogP contribution in [-0.2, 0) is 11.2 Å². The van der Waals surface area contributed by atoms with Gasteiger partial charge in [-0.05, 0) is 103 Å². The molecule has 2 nitrogen and oxygen atoms in total. The molecule has 3 aliphatic carbocycles. The molecule has 0 bridgehead atoms. The fraction of sp³-hybridized carbons (Fsp3) is 0.739. The van der Waals surface area contributed by atoms with Crippen molar-refractivity contribution in [2.45, 2.75) is 71.1 Å². The maximum absolute atomic E-state index is 9.84. The molecular weight excluding hydrogens is 308 g/mol. The van der Waals surface area contributed by atoms with E-state index >= 15 is 0 Å². The maximum Gasteiger partial charge on any atom is 0.115 e. The normalized spacial score (nSPS) is 39.6. The van der Waals surface area contributed by atoms with Gasteiger partial charge in [0.2, 0.25) is 0 Å². The first kappa shape index (κ1) is 17.4. The largest absolute Gasteiger partial charge is 0.508 e. The van der Waals surface area contributed by atoms with Gasteiger partial charge in [-0.2, -0.15) is 0 Å². The summed E-state index contributed by atoms with van der Waals surface area (Å²) < 4.78 is 5.33. The van der Waals surface area contributed by atoms with Crippen LogP contribution in [0.25, 0.3) is 0 Å². The van der Waals surface area contributed by atoms with Crippen LogP contribution >= 0.6 is 0 Å². The number of benzene rings is 1. The Morgan fingerprint density at radius 1 is 1.16 bits per heavy atom. The molecule has 1 N–H and O–H groups in total. The number of hydrogen-bond acceptors (Lipinski definition) is 2. The number of phenols is 1. The summed E-state index contributed by atoms with van der Waals surface area (Å²) in [5, 5.41) is 9.84. The van der Waals surface area contributed by atoms with Crippen LogP contribution in [0.4, 0.5) is 0 Å². The third kappa shape index (κ3) is 2.63. The predicted molar refractivity (Wildman–Crippen MR) is 102 cm³/mol. The van der Waals surface area contributed by atoms with Crippen molar-refractivity contribution in [2.24, 2.45) is 22.7 Å². The molecule has 1 aromatic rings. The monoisotopic (exact) mass is 342 g/mol. The molecule has 2 fully saturated rings. The fourth-order valence-corrected chi connectivity index (χ4v) is 6.95. The van der Waals surface area contributed by atoms with E-state index < -0.39 is 0 Å². The van der Waals surface area contributed by atoms with Crippen molar-refractivity contribution in [3.8, 4) is 5.75 Å². The molecule has 0 radical (unpaired) electrons. The zero-order valence-electron chi connectivity index (χ0n) is 16.2. The minimum absolute atomic E-state index is 0.435. The molecule has 0 unspecified atom stereocenters. The second kappa shape index (κ2) is 6.30. The topological polar surface area (TPSA) is 29.5 Å². The van der Waals surface area contributed by atoms with Crippen molar-refractivity contribution in [1.29, 1.82) is 0 Å². The van der Waals surface area contributed by atoms with Crippen molar-refractivity contribution in [1.82, 2.24) is 0 Å². The predicted octanol–water partition coefficient (Wildman–Crippen LogP) is 5.68. The third-order valence-electron chi connectivity index (χ3n) is 8.56. The number of aromatic hydroxyl groups is 1. The van der Waals surface area contributed by atoms with Gasteiger partial charge in [0, 0.05) is 13.7 Å². The summed E-state index contributed by atoms with van der Waals surface area (Å²) in [4.78, 5) is 0. The summed E-state index contributed by atoms with van der Waals surface area (Å²) in [6.45, 7) is 6.08. The summed E-state index contributed by atoms with van der Waals surface area (Å²) in [5.74, 6) is 2.88. The highest BCUT2D eigenvalue weighted by Gasteiger charge is 2.59. The van der Waals surface area contributed by atoms with E-state index in [2.05, 4.69) is 19.9 Å². The minimum atomic E-state index is 0.435. The molecular formula is C23H34O2. The smallest absolute Gasteiger partial charge is 0.115 e. The zero-order valence-corrected chi connectivity index (χ0v) is 16.2. The van der Waals surface area contributed by atoms with Crippen molar-refractivity contribution in [3.63, 3.8) is 0 Å². The van der Waals surface area contributed by atoms with Crippen LogP contribution < -0.4 is 0 Å². The van der Waals surface area contributed by atoms with Gasteiger partial charge in [0.25, 0.3) is 0 Å². The Labute approximate surface area is 153 Å². The number of rotatable bonds is 4. The van der Waals surface area contributed by atoms with E-state index in [-0.39, 0.29) is 0 Å². The first-order valence-corrected chi connectivity index (χ1v) is 10.3. The first-order chi connectivity index (χ1) is 12.0. The number of aryl methyl sites for hydroxylation is 1. The van der Waals surface area contributed by atoms with E-state index in [0.717, 1.165) is 30.8 Å². The number of phenolic OH excluding ortho intramolecular Hbond substituents is 1. The Bertz CT molecular complexity index is 639. The molecule has 3 aliphatic rings. The van der Waals surface area contributed by atoms with Gasteiger partial charge >= 0.3 is 0 Å². The van der Waals surface area contributed by atoms with Crippen LogP contribution in [0, 0.1) is 22.7 Å². The third-order valence-corrected chi connectivity index (χ3v) is 8.56. The van der Waals surface area contributed by atoms with Crippen molar-refractivity contribution >= 4 is 0 Å². The van der Waals surface area contributed by atoms with E-state index in [1.165, 1.54) is 50.5 Å². The van der Waals surface area contributed by atoms with Gasteiger partial charge < -0.3 is 9.84 Å². The highest BCUT2D eigenvalue weighted by molar-refractivity contribution is 5.40. The van der Waals surface area contributed by atoms with Gasteiger partial charge in [0.05, 0.1) is 0 Å². The van der Waals surface area contributed by atoms with Crippen LogP contribution in [0.3, 0.4) is 0 Å². The second-order valence-electron chi connectivity index (χ2n) is 9.45. The molecule has 2 saturated carbocycles. The molecule has 0 heterocycles. The first-order valence-electron chi connectivity index (χ1n) is 10.3. The molecule has 1 aromatic carbocycles. The lowest BCUT2D eigenvalue weighted by Gasteiger charge is -2.54. The van der Waals surface area contributed by atoms with Gasteiger partial charge in [-0.3, -0.25) is 0 Å². The molecule has 138 valence electrons. The lowest BCUT2D eigenvalue weighted by atomic mass is 9.50. The molecule has 0 aromatic heterocycles. The van der Waals surface area contributed by atoms with Gasteiger partial charge in [0.15, 0.2) is 0 Å². The molecule has 0 amide bonds. The Kier molecular flexibility index (Phi) is 4.38. The summed E-state index contributed by atoms with van der Waals surface area (Å²) >= 11 is 0. The van der Waals surface area contributed by atoms with E-state index in [1.807, 2.05) is 19.2 Å². The summed E-state index contributed by atoms with van der Waals surface area (Å²) in [7, 11) is 1.82. The minimum Gasteiger partial charge on any atom is -0.508 e. The highest BCUT2D eigenvalue weighted by Crippen LogP contribution is 2.68.